The minimum atomic E-state index is -0.323. The van der Waals surface area contributed by atoms with Gasteiger partial charge in [-0.05, 0) is 11.5 Å². The molecular weight excluding hydrogens is 318 g/mol. The number of amides is 1. The molecule has 2 unspecified atom stereocenters. The van der Waals surface area contributed by atoms with E-state index < -0.39 is 0 Å². The molecule has 1 aromatic carbocycles. The first kappa shape index (κ1) is 18.6. The highest BCUT2D eigenvalue weighted by Gasteiger charge is 2.23. The number of halogens is 1. The highest BCUT2D eigenvalue weighted by atomic mass is 35.5. The molecule has 3 N–H and O–H groups in total. The number of rotatable bonds is 5. The van der Waals surface area contributed by atoms with Crippen molar-refractivity contribution in [1.82, 2.24) is 4.98 Å². The number of nitrogens with one attached hydrogen (secondary N) is 1. The van der Waals surface area contributed by atoms with Crippen molar-refractivity contribution in [2.45, 2.75) is 32.7 Å². The second-order valence-electron chi connectivity index (χ2n) is 5.44. The lowest BCUT2D eigenvalue weighted by Crippen LogP contribution is -2.30. The van der Waals surface area contributed by atoms with Gasteiger partial charge in [-0.2, -0.15) is 0 Å². The van der Waals surface area contributed by atoms with Crippen molar-refractivity contribution in [3.8, 4) is 0 Å². The van der Waals surface area contributed by atoms with E-state index in [2.05, 4.69) is 24.1 Å². The highest BCUT2D eigenvalue weighted by Crippen LogP contribution is 2.26. The number of nitrogens with two attached hydrogens (primary N) is 1. The summed E-state index contributed by atoms with van der Waals surface area (Å²) in [6.45, 7) is 6.05. The molecule has 2 atom stereocenters. The zero-order valence-corrected chi connectivity index (χ0v) is 14.6. The van der Waals surface area contributed by atoms with E-state index in [0.717, 1.165) is 10.4 Å². The number of nitrogens with zero attached hydrogens (tertiary/aromatic N) is 1. The Hall–Kier alpha value is -1.43. The van der Waals surface area contributed by atoms with Crippen molar-refractivity contribution in [2.75, 3.05) is 5.32 Å². The van der Waals surface area contributed by atoms with Gasteiger partial charge in [-0.3, -0.25) is 4.79 Å². The van der Waals surface area contributed by atoms with Crippen molar-refractivity contribution in [3.05, 3.63) is 47.0 Å². The Morgan fingerprint density at radius 2 is 1.86 bits per heavy atom. The number of anilines is 1. The Morgan fingerprint density at radius 1 is 1.23 bits per heavy atom. The van der Waals surface area contributed by atoms with E-state index in [1.165, 1.54) is 11.3 Å². The predicted molar refractivity (Wildman–Crippen MR) is 94.6 cm³/mol. The fourth-order valence-corrected chi connectivity index (χ4v) is 2.78. The molecule has 1 heterocycles. The van der Waals surface area contributed by atoms with Gasteiger partial charge in [0.05, 0.1) is 5.92 Å². The molecule has 0 saturated heterocycles. The van der Waals surface area contributed by atoms with Crippen LogP contribution in [-0.2, 0) is 4.79 Å². The Balaban J connectivity index is 0.00000242. The summed E-state index contributed by atoms with van der Waals surface area (Å²) < 4.78 is 0. The van der Waals surface area contributed by atoms with Crippen LogP contribution in [0.5, 0.6) is 0 Å². The average molecular weight is 340 g/mol. The second kappa shape index (κ2) is 8.27. The quantitative estimate of drug-likeness (QED) is 0.866. The number of hydrogen-bond donors (Lipinski definition) is 2. The molecule has 2 aromatic rings. The van der Waals surface area contributed by atoms with Crippen LogP contribution in [0.3, 0.4) is 0 Å². The molecule has 120 valence electrons. The molecule has 0 fully saturated rings. The summed E-state index contributed by atoms with van der Waals surface area (Å²) in [7, 11) is 0. The number of aromatic nitrogens is 1. The molecule has 0 spiro atoms. The number of benzene rings is 1. The third-order valence-electron chi connectivity index (χ3n) is 3.46. The van der Waals surface area contributed by atoms with Crippen LogP contribution >= 0.6 is 23.7 Å². The Labute approximate surface area is 141 Å². The van der Waals surface area contributed by atoms with Gasteiger partial charge >= 0.3 is 0 Å². The molecule has 4 nitrogen and oxygen atoms in total. The summed E-state index contributed by atoms with van der Waals surface area (Å²) in [6.07, 6.45) is 1.81. The lowest BCUT2D eigenvalue weighted by Gasteiger charge is -2.19. The smallest absolute Gasteiger partial charge is 0.230 e. The molecule has 0 saturated carbocycles. The molecular formula is C16H22ClN3OS. The van der Waals surface area contributed by atoms with Gasteiger partial charge in [-0.15, -0.1) is 23.7 Å². The van der Waals surface area contributed by atoms with Crippen LogP contribution in [-0.4, -0.2) is 10.9 Å². The van der Waals surface area contributed by atoms with E-state index in [-0.39, 0.29) is 30.3 Å². The zero-order valence-electron chi connectivity index (χ0n) is 12.9. The van der Waals surface area contributed by atoms with Gasteiger partial charge in [0.15, 0.2) is 5.13 Å². The van der Waals surface area contributed by atoms with E-state index in [9.17, 15) is 4.79 Å². The van der Waals surface area contributed by atoms with Crippen molar-refractivity contribution in [2.24, 2.45) is 11.7 Å². The van der Waals surface area contributed by atoms with Gasteiger partial charge < -0.3 is 11.1 Å². The summed E-state index contributed by atoms with van der Waals surface area (Å²) in [5.74, 6) is -0.00744. The van der Waals surface area contributed by atoms with Crippen molar-refractivity contribution in [1.29, 1.82) is 0 Å². The van der Waals surface area contributed by atoms with E-state index >= 15 is 0 Å². The minimum Gasteiger partial charge on any atom is -0.323 e. The number of thiazole rings is 1. The summed E-state index contributed by atoms with van der Waals surface area (Å²) in [5.41, 5.74) is 7.13. The summed E-state index contributed by atoms with van der Waals surface area (Å²) in [5, 5.41) is 3.49. The molecule has 1 aromatic heterocycles. The monoisotopic (exact) mass is 339 g/mol. The van der Waals surface area contributed by atoms with Crippen LogP contribution in [0.15, 0.2) is 36.5 Å². The molecule has 22 heavy (non-hydrogen) atoms. The minimum absolute atomic E-state index is 0. The second-order valence-corrected chi connectivity index (χ2v) is 6.50. The number of carbonyl (C=O) groups excluding carboxylic acids is 1. The molecule has 0 aliphatic heterocycles. The van der Waals surface area contributed by atoms with Crippen LogP contribution in [0, 0.1) is 5.92 Å². The van der Waals surface area contributed by atoms with Crippen molar-refractivity contribution >= 4 is 34.8 Å². The third-order valence-corrected chi connectivity index (χ3v) is 4.67. The summed E-state index contributed by atoms with van der Waals surface area (Å²) in [6, 6.07) is 9.34. The lowest BCUT2D eigenvalue weighted by atomic mass is 9.95. The predicted octanol–water partition coefficient (Wildman–Crippen LogP) is 3.96. The largest absolute Gasteiger partial charge is 0.323 e. The van der Waals surface area contributed by atoms with Gasteiger partial charge in [-0.25, -0.2) is 4.98 Å². The topological polar surface area (TPSA) is 68.0 Å². The molecule has 0 bridgehead atoms. The van der Waals surface area contributed by atoms with Gasteiger partial charge in [0.25, 0.3) is 0 Å². The summed E-state index contributed by atoms with van der Waals surface area (Å²) in [4.78, 5) is 17.7. The molecule has 1 amide bonds. The average Bonchev–Trinajstić information content (AvgIpc) is 2.95. The molecule has 2 rings (SSSR count). The molecule has 0 radical (unpaired) electrons. The van der Waals surface area contributed by atoms with E-state index in [0.29, 0.717) is 11.0 Å². The van der Waals surface area contributed by atoms with Crippen LogP contribution < -0.4 is 11.1 Å². The maximum atomic E-state index is 12.3. The van der Waals surface area contributed by atoms with Crippen LogP contribution in [0.25, 0.3) is 0 Å². The Morgan fingerprint density at radius 3 is 2.41 bits per heavy atom. The van der Waals surface area contributed by atoms with Crippen molar-refractivity contribution < 1.29 is 4.79 Å². The maximum Gasteiger partial charge on any atom is 0.230 e. The number of carbonyl (C=O) groups is 1. The fourth-order valence-electron chi connectivity index (χ4n) is 1.96. The zero-order chi connectivity index (χ0) is 15.4. The van der Waals surface area contributed by atoms with Gasteiger partial charge in [0.2, 0.25) is 5.91 Å². The molecule has 0 aliphatic rings. The van der Waals surface area contributed by atoms with Gasteiger partial charge in [0, 0.05) is 17.1 Å². The first-order valence-electron chi connectivity index (χ1n) is 7.06. The van der Waals surface area contributed by atoms with Gasteiger partial charge in [0.1, 0.15) is 0 Å². The van der Waals surface area contributed by atoms with Crippen LogP contribution in [0.4, 0.5) is 5.13 Å². The molecule has 0 aliphatic carbocycles. The van der Waals surface area contributed by atoms with E-state index in [4.69, 9.17) is 5.73 Å². The van der Waals surface area contributed by atoms with E-state index in [1.54, 1.807) is 0 Å². The standard InChI is InChI=1S/C16H21N3OS.ClH/c1-10(2)13-9-18-16(21-13)19-15(20)11(3)14(17)12-7-5-4-6-8-12;/h4-11,14H,17H2,1-3H3,(H,18,19,20);1H. The van der Waals surface area contributed by atoms with E-state index in [1.807, 2.05) is 43.5 Å². The first-order chi connectivity index (χ1) is 9.99. The lowest BCUT2D eigenvalue weighted by molar-refractivity contribution is -0.120. The SMILES string of the molecule is CC(C)c1cnc(NC(=O)C(C)C(N)c2ccccc2)s1.Cl. The normalized spacial score (nSPS) is 13.3. The molecule has 6 heteroatoms. The van der Waals surface area contributed by atoms with Crippen molar-refractivity contribution in [3.63, 3.8) is 0 Å². The van der Waals surface area contributed by atoms with Crippen LogP contribution in [0.2, 0.25) is 0 Å². The fraction of sp³-hybridized carbons (Fsp3) is 0.375. The number of hydrogen-bond acceptors (Lipinski definition) is 4. The summed E-state index contributed by atoms with van der Waals surface area (Å²) >= 11 is 1.51. The van der Waals surface area contributed by atoms with Gasteiger partial charge in [-0.1, -0.05) is 51.1 Å². The highest BCUT2D eigenvalue weighted by molar-refractivity contribution is 7.15. The van der Waals surface area contributed by atoms with Crippen LogP contribution in [0.1, 0.15) is 43.2 Å². The Bertz CT molecular complexity index is 600. The maximum absolute atomic E-state index is 12.3. The first-order valence-corrected chi connectivity index (χ1v) is 7.87. The third kappa shape index (κ3) is 4.53. The Kier molecular flexibility index (Phi) is 7.00.